The van der Waals surface area contributed by atoms with Gasteiger partial charge in [-0.1, -0.05) is 13.8 Å². The van der Waals surface area contributed by atoms with E-state index in [1.54, 1.807) is 0 Å². The minimum atomic E-state index is 0.824. The summed E-state index contributed by atoms with van der Waals surface area (Å²) in [5.74, 6) is 1.87. The number of nitrogens with zero attached hydrogens (tertiary/aromatic N) is 1. The van der Waals surface area contributed by atoms with Crippen LogP contribution in [0.1, 0.15) is 33.1 Å². The minimum absolute atomic E-state index is 0.824. The summed E-state index contributed by atoms with van der Waals surface area (Å²) in [5, 5.41) is 3.63. The maximum atomic E-state index is 3.63. The molecule has 0 saturated heterocycles. The summed E-state index contributed by atoms with van der Waals surface area (Å²) in [4.78, 5) is 2.25. The van der Waals surface area contributed by atoms with Gasteiger partial charge in [0.1, 0.15) is 0 Å². The molecule has 0 radical (unpaired) electrons. The number of hydrogen-bond acceptors (Lipinski definition) is 2. The highest BCUT2D eigenvalue weighted by molar-refractivity contribution is 4.86. The second-order valence-electron chi connectivity index (χ2n) is 5.28. The van der Waals surface area contributed by atoms with E-state index in [0.29, 0.717) is 0 Å². The van der Waals surface area contributed by atoms with E-state index in [1.165, 1.54) is 32.4 Å². The smallest absolute Gasteiger partial charge is 0.00725 e. The number of rotatable bonds is 6. The van der Waals surface area contributed by atoms with Crippen LogP contribution in [-0.2, 0) is 0 Å². The predicted octanol–water partition coefficient (Wildman–Crippen LogP) is 1.96. The lowest BCUT2D eigenvalue weighted by Gasteiger charge is -2.38. The van der Waals surface area contributed by atoms with E-state index < -0.39 is 0 Å². The van der Waals surface area contributed by atoms with Crippen molar-refractivity contribution >= 4 is 0 Å². The molecule has 0 unspecified atom stereocenters. The van der Waals surface area contributed by atoms with Crippen LogP contribution in [0.25, 0.3) is 0 Å². The molecule has 1 saturated carbocycles. The van der Waals surface area contributed by atoms with Crippen LogP contribution in [0.3, 0.4) is 0 Å². The Morgan fingerprint density at radius 1 is 1.29 bits per heavy atom. The molecule has 84 valence electrons. The van der Waals surface area contributed by atoms with Gasteiger partial charge in [0.2, 0.25) is 0 Å². The minimum Gasteiger partial charge on any atom is -0.314 e. The molecular formula is C12H26N2. The fourth-order valence-corrected chi connectivity index (χ4v) is 2.07. The monoisotopic (exact) mass is 198 g/mol. The molecule has 0 bridgehead atoms. The van der Waals surface area contributed by atoms with Crippen LogP contribution in [0, 0.1) is 11.8 Å². The fraction of sp³-hybridized carbons (Fsp3) is 1.00. The molecule has 0 heterocycles. The molecule has 1 rings (SSSR count). The van der Waals surface area contributed by atoms with Crippen LogP contribution >= 0.6 is 0 Å². The Labute approximate surface area is 89.1 Å². The fourth-order valence-electron chi connectivity index (χ4n) is 2.07. The normalized spacial score (nSPS) is 27.0. The van der Waals surface area contributed by atoms with Crippen molar-refractivity contribution < 1.29 is 0 Å². The average molecular weight is 198 g/mol. The first-order valence-corrected chi connectivity index (χ1v) is 5.97. The van der Waals surface area contributed by atoms with Crippen LogP contribution in [0.2, 0.25) is 0 Å². The molecule has 0 aromatic heterocycles. The third-order valence-electron chi connectivity index (χ3n) is 3.33. The summed E-state index contributed by atoms with van der Waals surface area (Å²) in [6, 6.07) is 0.824. The van der Waals surface area contributed by atoms with E-state index in [1.807, 2.05) is 0 Å². The van der Waals surface area contributed by atoms with E-state index in [4.69, 9.17) is 0 Å². The maximum Gasteiger partial charge on any atom is 0.00725 e. The molecule has 1 aliphatic rings. The molecule has 14 heavy (non-hydrogen) atoms. The molecule has 0 spiro atoms. The Kier molecular flexibility index (Phi) is 4.90. The Balaban J connectivity index is 1.91. The first-order chi connectivity index (χ1) is 6.59. The summed E-state index contributed by atoms with van der Waals surface area (Å²) in [5.41, 5.74) is 0. The van der Waals surface area contributed by atoms with E-state index in [0.717, 1.165) is 17.9 Å². The zero-order valence-electron chi connectivity index (χ0n) is 10.2. The molecule has 0 amide bonds. The first kappa shape index (κ1) is 12.0. The molecule has 0 aliphatic heterocycles. The van der Waals surface area contributed by atoms with Crippen molar-refractivity contribution in [2.45, 2.75) is 39.2 Å². The SMILES string of the molecule is CC(C)C1CC(NCCCN(C)C)C1. The summed E-state index contributed by atoms with van der Waals surface area (Å²) in [7, 11) is 4.27. The molecular weight excluding hydrogens is 172 g/mol. The Hall–Kier alpha value is -0.0800. The standard InChI is InChI=1S/C12H26N2/c1-10(2)11-8-12(9-11)13-6-5-7-14(3)4/h10-13H,5-9H2,1-4H3. The van der Waals surface area contributed by atoms with Crippen LogP contribution in [-0.4, -0.2) is 38.1 Å². The highest BCUT2D eigenvalue weighted by Crippen LogP contribution is 2.33. The van der Waals surface area contributed by atoms with Crippen LogP contribution in [0.15, 0.2) is 0 Å². The van der Waals surface area contributed by atoms with Gasteiger partial charge in [0.25, 0.3) is 0 Å². The largest absolute Gasteiger partial charge is 0.314 e. The van der Waals surface area contributed by atoms with Crippen LogP contribution in [0.5, 0.6) is 0 Å². The molecule has 0 atom stereocenters. The second kappa shape index (κ2) is 5.72. The third-order valence-corrected chi connectivity index (χ3v) is 3.33. The lowest BCUT2D eigenvalue weighted by atomic mass is 9.74. The number of hydrogen-bond donors (Lipinski definition) is 1. The van der Waals surface area contributed by atoms with E-state index in [-0.39, 0.29) is 0 Å². The van der Waals surface area contributed by atoms with Gasteiger partial charge >= 0.3 is 0 Å². The molecule has 2 heteroatoms. The third kappa shape index (κ3) is 3.97. The Morgan fingerprint density at radius 2 is 1.93 bits per heavy atom. The summed E-state index contributed by atoms with van der Waals surface area (Å²) < 4.78 is 0. The zero-order valence-corrected chi connectivity index (χ0v) is 10.2. The van der Waals surface area contributed by atoms with Gasteiger partial charge in [-0.25, -0.2) is 0 Å². The molecule has 1 N–H and O–H groups in total. The van der Waals surface area contributed by atoms with Gasteiger partial charge in [-0.15, -0.1) is 0 Å². The highest BCUT2D eigenvalue weighted by Gasteiger charge is 2.30. The van der Waals surface area contributed by atoms with Crippen molar-refractivity contribution in [1.29, 1.82) is 0 Å². The second-order valence-corrected chi connectivity index (χ2v) is 5.28. The van der Waals surface area contributed by atoms with E-state index in [2.05, 4.69) is 38.2 Å². The molecule has 1 fully saturated rings. The van der Waals surface area contributed by atoms with Crippen molar-refractivity contribution in [3.63, 3.8) is 0 Å². The molecule has 0 aromatic carbocycles. The van der Waals surface area contributed by atoms with Crippen molar-refractivity contribution in [1.82, 2.24) is 10.2 Å². The molecule has 2 nitrogen and oxygen atoms in total. The van der Waals surface area contributed by atoms with Crippen molar-refractivity contribution in [2.75, 3.05) is 27.2 Å². The Bertz CT molecular complexity index is 148. The van der Waals surface area contributed by atoms with Gasteiger partial charge < -0.3 is 10.2 Å². The Morgan fingerprint density at radius 3 is 2.43 bits per heavy atom. The van der Waals surface area contributed by atoms with E-state index >= 15 is 0 Å². The lowest BCUT2D eigenvalue weighted by molar-refractivity contribution is 0.168. The highest BCUT2D eigenvalue weighted by atomic mass is 15.1. The summed E-state index contributed by atoms with van der Waals surface area (Å²) in [6.07, 6.45) is 4.08. The van der Waals surface area contributed by atoms with Crippen LogP contribution in [0.4, 0.5) is 0 Å². The van der Waals surface area contributed by atoms with Gasteiger partial charge in [-0.2, -0.15) is 0 Å². The molecule has 0 aromatic rings. The topological polar surface area (TPSA) is 15.3 Å². The zero-order chi connectivity index (χ0) is 10.6. The first-order valence-electron chi connectivity index (χ1n) is 5.97. The van der Waals surface area contributed by atoms with Gasteiger partial charge in [0.15, 0.2) is 0 Å². The lowest BCUT2D eigenvalue weighted by Crippen LogP contribution is -2.43. The van der Waals surface area contributed by atoms with Crippen molar-refractivity contribution in [3.05, 3.63) is 0 Å². The van der Waals surface area contributed by atoms with Crippen LogP contribution < -0.4 is 5.32 Å². The average Bonchev–Trinajstić information content (AvgIpc) is 1.98. The van der Waals surface area contributed by atoms with Gasteiger partial charge in [-0.3, -0.25) is 0 Å². The maximum absolute atomic E-state index is 3.63. The summed E-state index contributed by atoms with van der Waals surface area (Å²) in [6.45, 7) is 7.07. The predicted molar refractivity (Wildman–Crippen MR) is 62.5 cm³/mol. The van der Waals surface area contributed by atoms with E-state index in [9.17, 15) is 0 Å². The molecule has 1 aliphatic carbocycles. The van der Waals surface area contributed by atoms with Gasteiger partial charge in [-0.05, 0) is 58.3 Å². The van der Waals surface area contributed by atoms with Gasteiger partial charge in [0, 0.05) is 6.04 Å². The number of nitrogens with one attached hydrogen (secondary N) is 1. The quantitative estimate of drug-likeness (QED) is 0.656. The van der Waals surface area contributed by atoms with Gasteiger partial charge in [0.05, 0.1) is 0 Å². The van der Waals surface area contributed by atoms with Crippen molar-refractivity contribution in [3.8, 4) is 0 Å². The summed E-state index contributed by atoms with van der Waals surface area (Å²) >= 11 is 0. The van der Waals surface area contributed by atoms with Crippen molar-refractivity contribution in [2.24, 2.45) is 11.8 Å².